The number of rotatable bonds is 4. The van der Waals surface area contributed by atoms with Gasteiger partial charge in [-0.3, -0.25) is 4.79 Å². The summed E-state index contributed by atoms with van der Waals surface area (Å²) in [6, 6.07) is 13.5. The lowest BCUT2D eigenvalue weighted by atomic mass is 10.1. The maximum atomic E-state index is 12.3. The van der Waals surface area contributed by atoms with E-state index in [4.69, 9.17) is 0 Å². The van der Waals surface area contributed by atoms with E-state index in [-0.39, 0.29) is 5.91 Å². The molecule has 1 aliphatic carbocycles. The molecule has 0 spiro atoms. The summed E-state index contributed by atoms with van der Waals surface area (Å²) in [4.78, 5) is 13.8. The Morgan fingerprint density at radius 3 is 2.65 bits per heavy atom. The first kappa shape index (κ1) is 14.3. The van der Waals surface area contributed by atoms with Crippen LogP contribution in [0.25, 0.3) is 5.00 Å². The maximum absolute atomic E-state index is 12.3. The third-order valence-corrected chi connectivity index (χ3v) is 5.66. The first-order valence-electron chi connectivity index (χ1n) is 7.93. The summed E-state index contributed by atoms with van der Waals surface area (Å²) in [5.41, 5.74) is 3.44. The lowest BCUT2D eigenvalue weighted by Crippen LogP contribution is -2.23. The molecule has 1 N–H and O–H groups in total. The molecule has 0 radical (unpaired) electrons. The molecule has 4 heteroatoms. The Labute approximate surface area is 139 Å². The monoisotopic (exact) mass is 322 g/mol. The van der Waals surface area contributed by atoms with Crippen LogP contribution in [0.1, 0.15) is 32.8 Å². The summed E-state index contributed by atoms with van der Waals surface area (Å²) in [5, 5.41) is 4.33. The number of aromatic nitrogens is 1. The second kappa shape index (κ2) is 6.05. The number of carbonyl (C=O) groups is 1. The smallest absolute Gasteiger partial charge is 0.251 e. The molecule has 0 saturated heterocycles. The molecular weight excluding hydrogens is 304 g/mol. The zero-order chi connectivity index (χ0) is 15.6. The van der Waals surface area contributed by atoms with Crippen molar-refractivity contribution in [3.05, 3.63) is 76.4 Å². The van der Waals surface area contributed by atoms with E-state index in [1.54, 1.807) is 0 Å². The molecular formula is C19H18N2OS. The second-order valence-electron chi connectivity index (χ2n) is 5.78. The Morgan fingerprint density at radius 2 is 1.87 bits per heavy atom. The Bertz CT molecular complexity index is 819. The van der Waals surface area contributed by atoms with Gasteiger partial charge in [0.05, 0.1) is 0 Å². The lowest BCUT2D eigenvalue weighted by Gasteiger charge is -2.09. The number of aryl methyl sites for hydroxylation is 1. The first-order chi connectivity index (χ1) is 11.3. The molecule has 116 valence electrons. The predicted octanol–water partition coefficient (Wildman–Crippen LogP) is 3.96. The van der Waals surface area contributed by atoms with E-state index in [1.807, 2.05) is 53.8 Å². The van der Waals surface area contributed by atoms with Crippen LogP contribution in [0.15, 0.2) is 54.9 Å². The lowest BCUT2D eigenvalue weighted by molar-refractivity contribution is 0.0951. The van der Waals surface area contributed by atoms with Gasteiger partial charge in [-0.25, -0.2) is 0 Å². The molecule has 2 aromatic heterocycles. The number of thiophene rings is 1. The largest absolute Gasteiger partial charge is 0.348 e. The summed E-state index contributed by atoms with van der Waals surface area (Å²) in [5.74, 6) is -0.0120. The number of nitrogens with one attached hydrogen (secondary N) is 1. The topological polar surface area (TPSA) is 34.0 Å². The molecule has 3 aromatic rings. The zero-order valence-corrected chi connectivity index (χ0v) is 13.6. The summed E-state index contributed by atoms with van der Waals surface area (Å²) in [6.07, 6.45) is 7.67. The minimum Gasteiger partial charge on any atom is -0.348 e. The summed E-state index contributed by atoms with van der Waals surface area (Å²) >= 11 is 1.87. The number of carbonyl (C=O) groups excluding carboxylic acids is 1. The van der Waals surface area contributed by atoms with Gasteiger partial charge in [0.15, 0.2) is 0 Å². The van der Waals surface area contributed by atoms with Crippen LogP contribution >= 0.6 is 11.3 Å². The average Bonchev–Trinajstić information content (AvgIpc) is 3.30. The first-order valence-corrected chi connectivity index (χ1v) is 8.74. The van der Waals surface area contributed by atoms with Crippen LogP contribution in [0.3, 0.4) is 0 Å². The van der Waals surface area contributed by atoms with E-state index in [1.165, 1.54) is 33.8 Å². The number of benzene rings is 1. The molecule has 1 aliphatic rings. The quantitative estimate of drug-likeness (QED) is 0.775. The minimum atomic E-state index is -0.0120. The molecule has 1 aromatic carbocycles. The van der Waals surface area contributed by atoms with Crippen LogP contribution in [0.4, 0.5) is 0 Å². The van der Waals surface area contributed by atoms with Gasteiger partial charge in [0, 0.05) is 34.9 Å². The van der Waals surface area contributed by atoms with E-state index in [9.17, 15) is 4.79 Å². The van der Waals surface area contributed by atoms with Gasteiger partial charge >= 0.3 is 0 Å². The van der Waals surface area contributed by atoms with E-state index in [2.05, 4.69) is 22.3 Å². The Morgan fingerprint density at radius 1 is 1.09 bits per heavy atom. The number of hydrogen-bond acceptors (Lipinski definition) is 2. The second-order valence-corrected chi connectivity index (χ2v) is 6.86. The Kier molecular flexibility index (Phi) is 3.75. The fourth-order valence-electron chi connectivity index (χ4n) is 3.18. The third-order valence-electron chi connectivity index (χ3n) is 4.31. The number of nitrogens with zero attached hydrogens (tertiary/aromatic N) is 1. The molecule has 23 heavy (non-hydrogen) atoms. The van der Waals surface area contributed by atoms with Gasteiger partial charge in [0.1, 0.15) is 5.00 Å². The van der Waals surface area contributed by atoms with Gasteiger partial charge in [-0.1, -0.05) is 18.2 Å². The SMILES string of the molecule is O=C(NCc1c(-n2cccc2)sc2c1CCC2)c1ccccc1. The standard InChI is InChI=1S/C19H18N2OS/c22-18(14-7-2-1-3-8-14)20-13-16-15-9-6-10-17(15)23-19(16)21-11-4-5-12-21/h1-5,7-8,11-12H,6,9-10,13H2,(H,20,22). The molecule has 0 fully saturated rings. The molecule has 3 nitrogen and oxygen atoms in total. The maximum Gasteiger partial charge on any atom is 0.251 e. The number of amides is 1. The molecule has 0 aliphatic heterocycles. The molecule has 0 bridgehead atoms. The number of hydrogen-bond donors (Lipinski definition) is 1. The Hall–Kier alpha value is -2.33. The van der Waals surface area contributed by atoms with Crippen molar-refractivity contribution in [1.29, 1.82) is 0 Å². The zero-order valence-electron chi connectivity index (χ0n) is 12.8. The Balaban J connectivity index is 1.60. The van der Waals surface area contributed by atoms with Crippen LogP contribution < -0.4 is 5.32 Å². The van der Waals surface area contributed by atoms with Gasteiger partial charge in [-0.05, 0) is 49.1 Å². The van der Waals surface area contributed by atoms with Crippen molar-refractivity contribution in [2.75, 3.05) is 0 Å². The summed E-state index contributed by atoms with van der Waals surface area (Å²) in [7, 11) is 0. The fraction of sp³-hybridized carbons (Fsp3) is 0.211. The molecule has 2 heterocycles. The van der Waals surface area contributed by atoms with E-state index < -0.39 is 0 Å². The highest BCUT2D eigenvalue weighted by atomic mass is 32.1. The molecule has 4 rings (SSSR count). The number of fused-ring (bicyclic) bond motifs is 1. The van der Waals surface area contributed by atoms with Crippen LogP contribution in [0.2, 0.25) is 0 Å². The van der Waals surface area contributed by atoms with Crippen molar-refractivity contribution in [3.63, 3.8) is 0 Å². The molecule has 0 atom stereocenters. The highest BCUT2D eigenvalue weighted by Crippen LogP contribution is 2.37. The van der Waals surface area contributed by atoms with E-state index >= 15 is 0 Å². The van der Waals surface area contributed by atoms with Crippen molar-refractivity contribution < 1.29 is 4.79 Å². The van der Waals surface area contributed by atoms with Crippen molar-refractivity contribution in [1.82, 2.24) is 9.88 Å². The highest BCUT2D eigenvalue weighted by molar-refractivity contribution is 7.15. The van der Waals surface area contributed by atoms with Gasteiger partial charge in [0.2, 0.25) is 0 Å². The minimum absolute atomic E-state index is 0.0120. The molecule has 0 saturated carbocycles. The van der Waals surface area contributed by atoms with E-state index in [0.29, 0.717) is 12.1 Å². The van der Waals surface area contributed by atoms with Gasteiger partial charge in [0.25, 0.3) is 5.91 Å². The highest BCUT2D eigenvalue weighted by Gasteiger charge is 2.23. The van der Waals surface area contributed by atoms with Crippen molar-refractivity contribution in [2.45, 2.75) is 25.8 Å². The molecule has 1 amide bonds. The third kappa shape index (κ3) is 2.70. The van der Waals surface area contributed by atoms with Crippen LogP contribution in [0.5, 0.6) is 0 Å². The summed E-state index contributed by atoms with van der Waals surface area (Å²) < 4.78 is 2.16. The van der Waals surface area contributed by atoms with Crippen molar-refractivity contribution in [3.8, 4) is 5.00 Å². The molecule has 0 unspecified atom stereocenters. The fourth-order valence-corrected chi connectivity index (χ4v) is 4.55. The normalized spacial score (nSPS) is 13.0. The van der Waals surface area contributed by atoms with Crippen molar-refractivity contribution >= 4 is 17.2 Å². The van der Waals surface area contributed by atoms with Crippen LogP contribution in [-0.2, 0) is 19.4 Å². The van der Waals surface area contributed by atoms with Crippen molar-refractivity contribution in [2.24, 2.45) is 0 Å². The van der Waals surface area contributed by atoms with Gasteiger partial charge in [-0.2, -0.15) is 0 Å². The van der Waals surface area contributed by atoms with Crippen LogP contribution in [0, 0.1) is 0 Å². The average molecular weight is 322 g/mol. The van der Waals surface area contributed by atoms with Crippen LogP contribution in [-0.4, -0.2) is 10.5 Å². The summed E-state index contributed by atoms with van der Waals surface area (Å²) in [6.45, 7) is 0.590. The predicted molar refractivity (Wildman–Crippen MR) is 93.3 cm³/mol. The van der Waals surface area contributed by atoms with Gasteiger partial charge in [-0.15, -0.1) is 11.3 Å². The van der Waals surface area contributed by atoms with E-state index in [0.717, 1.165) is 6.42 Å². The van der Waals surface area contributed by atoms with Gasteiger partial charge < -0.3 is 9.88 Å².